The lowest BCUT2D eigenvalue weighted by atomic mass is 10.1. The number of nitrogens with zero attached hydrogens (tertiary/aromatic N) is 1. The Kier molecular flexibility index (Phi) is 5.31. The molecule has 0 atom stereocenters. The Morgan fingerprint density at radius 3 is 3.09 bits per heavy atom. The Morgan fingerprint density at radius 1 is 1.39 bits per heavy atom. The van der Waals surface area contributed by atoms with E-state index >= 15 is 0 Å². The molecule has 1 aliphatic heterocycles. The summed E-state index contributed by atoms with van der Waals surface area (Å²) in [6.07, 6.45) is 0.647. The van der Waals surface area contributed by atoms with E-state index in [1.54, 1.807) is 11.3 Å². The summed E-state index contributed by atoms with van der Waals surface area (Å²) < 4.78 is 5.84. The van der Waals surface area contributed by atoms with E-state index in [-0.39, 0.29) is 0 Å². The summed E-state index contributed by atoms with van der Waals surface area (Å²) in [4.78, 5) is 3.41. The molecule has 0 saturated carbocycles. The van der Waals surface area contributed by atoms with Crippen molar-refractivity contribution in [3.05, 3.63) is 46.2 Å². The molecule has 2 N–H and O–H groups in total. The molecule has 0 radical (unpaired) electrons. The molecular weight excluding hydrogens is 306 g/mol. The SMILES string of the molecule is CCNCCN1CCOc2cc(CC(=N)c3cccs3)ccc21. The van der Waals surface area contributed by atoms with E-state index in [1.807, 2.05) is 17.5 Å². The number of hydrogen-bond donors (Lipinski definition) is 2. The van der Waals surface area contributed by atoms with Crippen LogP contribution in [0.2, 0.25) is 0 Å². The van der Waals surface area contributed by atoms with Crippen molar-refractivity contribution in [1.29, 1.82) is 5.41 Å². The summed E-state index contributed by atoms with van der Waals surface area (Å²) in [6, 6.07) is 10.3. The van der Waals surface area contributed by atoms with Crippen molar-refractivity contribution in [2.45, 2.75) is 13.3 Å². The highest BCUT2D eigenvalue weighted by atomic mass is 32.1. The van der Waals surface area contributed by atoms with Crippen LogP contribution >= 0.6 is 11.3 Å². The van der Waals surface area contributed by atoms with Gasteiger partial charge in [0.2, 0.25) is 0 Å². The maximum absolute atomic E-state index is 8.23. The zero-order valence-electron chi connectivity index (χ0n) is 13.5. The van der Waals surface area contributed by atoms with Gasteiger partial charge in [-0.1, -0.05) is 19.1 Å². The lowest BCUT2D eigenvalue weighted by Crippen LogP contribution is -2.37. The molecular formula is C18H23N3OS. The molecule has 0 spiro atoms. The normalized spacial score (nSPS) is 13.5. The van der Waals surface area contributed by atoms with E-state index in [4.69, 9.17) is 10.1 Å². The monoisotopic (exact) mass is 329 g/mol. The Bertz CT molecular complexity index is 654. The molecule has 2 aromatic rings. The molecule has 0 saturated heterocycles. The first-order valence-corrected chi connectivity index (χ1v) is 8.98. The van der Waals surface area contributed by atoms with Gasteiger partial charge < -0.3 is 20.4 Å². The third kappa shape index (κ3) is 3.92. The smallest absolute Gasteiger partial charge is 0.142 e. The summed E-state index contributed by atoms with van der Waals surface area (Å²) in [7, 11) is 0. The first kappa shape index (κ1) is 16.0. The van der Waals surface area contributed by atoms with Crippen LogP contribution in [0.1, 0.15) is 17.4 Å². The van der Waals surface area contributed by atoms with Crippen LogP contribution in [-0.4, -0.2) is 38.5 Å². The molecule has 1 aromatic carbocycles. The van der Waals surface area contributed by atoms with Crippen molar-refractivity contribution < 1.29 is 4.74 Å². The van der Waals surface area contributed by atoms with Gasteiger partial charge in [0.05, 0.1) is 17.9 Å². The van der Waals surface area contributed by atoms with E-state index in [1.165, 1.54) is 5.69 Å². The Morgan fingerprint density at radius 2 is 2.30 bits per heavy atom. The highest BCUT2D eigenvalue weighted by molar-refractivity contribution is 7.12. The van der Waals surface area contributed by atoms with Gasteiger partial charge in [-0.25, -0.2) is 0 Å². The van der Waals surface area contributed by atoms with Crippen LogP contribution in [-0.2, 0) is 6.42 Å². The van der Waals surface area contributed by atoms with E-state index < -0.39 is 0 Å². The Hall–Kier alpha value is -1.85. The minimum absolute atomic E-state index is 0.647. The lowest BCUT2D eigenvalue weighted by Gasteiger charge is -2.31. The third-order valence-corrected chi connectivity index (χ3v) is 4.92. The number of fused-ring (bicyclic) bond motifs is 1. The van der Waals surface area contributed by atoms with Crippen molar-refractivity contribution in [2.24, 2.45) is 0 Å². The van der Waals surface area contributed by atoms with Crippen molar-refractivity contribution in [3.63, 3.8) is 0 Å². The number of benzene rings is 1. The highest BCUT2D eigenvalue weighted by Gasteiger charge is 2.18. The maximum Gasteiger partial charge on any atom is 0.142 e. The summed E-state index contributed by atoms with van der Waals surface area (Å²) in [6.45, 7) is 6.77. The molecule has 1 aromatic heterocycles. The van der Waals surface area contributed by atoms with Crippen LogP contribution in [0.25, 0.3) is 0 Å². The molecule has 0 unspecified atom stereocenters. The van der Waals surface area contributed by atoms with E-state index in [2.05, 4.69) is 35.3 Å². The van der Waals surface area contributed by atoms with Gasteiger partial charge >= 0.3 is 0 Å². The Labute approximate surface area is 141 Å². The molecule has 122 valence electrons. The summed E-state index contributed by atoms with van der Waals surface area (Å²) >= 11 is 1.62. The number of hydrogen-bond acceptors (Lipinski definition) is 5. The van der Waals surface area contributed by atoms with Gasteiger partial charge in [0, 0.05) is 24.4 Å². The zero-order chi connectivity index (χ0) is 16.1. The van der Waals surface area contributed by atoms with E-state index in [0.717, 1.165) is 49.0 Å². The Balaban J connectivity index is 1.70. The third-order valence-electron chi connectivity index (χ3n) is 3.99. The van der Waals surface area contributed by atoms with Gasteiger partial charge in [-0.3, -0.25) is 0 Å². The molecule has 0 aliphatic carbocycles. The van der Waals surface area contributed by atoms with Crippen LogP contribution in [0.3, 0.4) is 0 Å². The van der Waals surface area contributed by atoms with Crippen LogP contribution in [0.15, 0.2) is 35.7 Å². The lowest BCUT2D eigenvalue weighted by molar-refractivity contribution is 0.307. The van der Waals surface area contributed by atoms with Crippen molar-refractivity contribution >= 4 is 22.7 Å². The van der Waals surface area contributed by atoms with Crippen molar-refractivity contribution in [2.75, 3.05) is 37.7 Å². The number of nitrogens with one attached hydrogen (secondary N) is 2. The maximum atomic E-state index is 8.23. The zero-order valence-corrected chi connectivity index (χ0v) is 14.3. The molecule has 4 nitrogen and oxygen atoms in total. The fourth-order valence-electron chi connectivity index (χ4n) is 2.80. The van der Waals surface area contributed by atoms with E-state index in [0.29, 0.717) is 12.1 Å². The van der Waals surface area contributed by atoms with E-state index in [9.17, 15) is 0 Å². The molecule has 2 heterocycles. The molecule has 23 heavy (non-hydrogen) atoms. The summed E-state index contributed by atoms with van der Waals surface area (Å²) in [5.41, 5.74) is 2.97. The molecule has 3 rings (SSSR count). The fraction of sp³-hybridized carbons (Fsp3) is 0.389. The first-order chi connectivity index (χ1) is 11.3. The quantitative estimate of drug-likeness (QED) is 0.606. The van der Waals surface area contributed by atoms with Gasteiger partial charge in [0.15, 0.2) is 0 Å². The second kappa shape index (κ2) is 7.62. The molecule has 0 fully saturated rings. The average Bonchev–Trinajstić information content (AvgIpc) is 3.09. The van der Waals surface area contributed by atoms with Gasteiger partial charge in [-0.15, -0.1) is 11.3 Å². The van der Waals surface area contributed by atoms with Gasteiger partial charge in [-0.05, 0) is 35.7 Å². The number of ether oxygens (including phenoxy) is 1. The standard InChI is InChI=1S/C18H23N3OS/c1-2-20-7-8-21-9-10-22-17-13-14(5-6-16(17)21)12-15(19)18-4-3-11-23-18/h3-6,11,13,19-20H,2,7-10,12H2,1H3. The summed E-state index contributed by atoms with van der Waals surface area (Å²) in [5.74, 6) is 0.948. The van der Waals surface area contributed by atoms with Crippen LogP contribution in [0, 0.1) is 5.41 Å². The molecule has 5 heteroatoms. The molecule has 1 aliphatic rings. The topological polar surface area (TPSA) is 48.4 Å². The predicted molar refractivity (Wildman–Crippen MR) is 97.5 cm³/mol. The summed E-state index contributed by atoms with van der Waals surface area (Å²) in [5, 5.41) is 13.6. The molecule has 0 amide bonds. The number of thiophene rings is 1. The second-order valence-corrected chi connectivity index (χ2v) is 6.57. The first-order valence-electron chi connectivity index (χ1n) is 8.10. The number of anilines is 1. The van der Waals surface area contributed by atoms with Crippen molar-refractivity contribution in [3.8, 4) is 5.75 Å². The largest absolute Gasteiger partial charge is 0.490 e. The minimum atomic E-state index is 0.647. The van der Waals surface area contributed by atoms with Crippen LogP contribution < -0.4 is 15.0 Å². The fourth-order valence-corrected chi connectivity index (χ4v) is 3.47. The predicted octanol–water partition coefficient (Wildman–Crippen LogP) is 3.17. The van der Waals surface area contributed by atoms with Crippen LogP contribution in [0.4, 0.5) is 5.69 Å². The van der Waals surface area contributed by atoms with Gasteiger partial charge in [0.1, 0.15) is 12.4 Å². The van der Waals surface area contributed by atoms with Gasteiger partial charge in [-0.2, -0.15) is 0 Å². The molecule has 0 bridgehead atoms. The number of likely N-dealkylation sites (N-methyl/N-ethyl adjacent to an activating group) is 1. The minimum Gasteiger partial charge on any atom is -0.490 e. The number of rotatable bonds is 7. The second-order valence-electron chi connectivity index (χ2n) is 5.62. The van der Waals surface area contributed by atoms with Crippen LogP contribution in [0.5, 0.6) is 5.75 Å². The van der Waals surface area contributed by atoms with Gasteiger partial charge in [0.25, 0.3) is 0 Å². The van der Waals surface area contributed by atoms with Crippen molar-refractivity contribution in [1.82, 2.24) is 5.32 Å². The average molecular weight is 329 g/mol. The highest BCUT2D eigenvalue weighted by Crippen LogP contribution is 2.32.